The number of nitrogens with zero attached hydrogens (tertiary/aromatic N) is 1. The molecule has 2 aliphatic rings. The predicted molar refractivity (Wildman–Crippen MR) is 71.2 cm³/mol. The Morgan fingerprint density at radius 3 is 2.39 bits per heavy atom. The Hall–Kier alpha value is -0.610. The summed E-state index contributed by atoms with van der Waals surface area (Å²) in [5.74, 6) is 0.107. The molecule has 0 aromatic rings. The van der Waals surface area contributed by atoms with Crippen molar-refractivity contribution in [3.8, 4) is 0 Å². The van der Waals surface area contributed by atoms with Crippen LogP contribution in [-0.4, -0.2) is 47.2 Å². The lowest BCUT2D eigenvalue weighted by atomic mass is 10.1. The highest BCUT2D eigenvalue weighted by atomic mass is 16.3. The number of amides is 1. The highest BCUT2D eigenvalue weighted by Gasteiger charge is 2.43. The molecule has 2 N–H and O–H groups in total. The van der Waals surface area contributed by atoms with Gasteiger partial charge < -0.3 is 10.4 Å². The highest BCUT2D eigenvalue weighted by Crippen LogP contribution is 2.44. The molecule has 1 aliphatic heterocycles. The first-order valence-corrected chi connectivity index (χ1v) is 7.15. The summed E-state index contributed by atoms with van der Waals surface area (Å²) in [6.07, 6.45) is 4.43. The van der Waals surface area contributed by atoms with Crippen LogP contribution in [0.4, 0.5) is 0 Å². The number of aliphatic hydroxyl groups is 1. The smallest absolute Gasteiger partial charge is 0.237 e. The first-order chi connectivity index (χ1) is 8.49. The number of carbonyl (C=O) groups is 1. The van der Waals surface area contributed by atoms with Gasteiger partial charge in [-0.25, -0.2) is 0 Å². The summed E-state index contributed by atoms with van der Waals surface area (Å²) in [4.78, 5) is 14.5. The van der Waals surface area contributed by atoms with Crippen LogP contribution in [0, 0.1) is 5.41 Å². The van der Waals surface area contributed by atoms with Crippen LogP contribution in [0.2, 0.25) is 0 Å². The third-order valence-electron chi connectivity index (χ3n) is 4.78. The van der Waals surface area contributed by atoms with Gasteiger partial charge in [-0.1, -0.05) is 0 Å². The van der Waals surface area contributed by atoms with Crippen LogP contribution >= 0.6 is 0 Å². The number of hydrogen-bond donors (Lipinski definition) is 2. The highest BCUT2D eigenvalue weighted by molar-refractivity contribution is 5.81. The van der Waals surface area contributed by atoms with Crippen LogP contribution in [0.25, 0.3) is 0 Å². The Labute approximate surface area is 110 Å². The van der Waals surface area contributed by atoms with Gasteiger partial charge >= 0.3 is 0 Å². The van der Waals surface area contributed by atoms with Gasteiger partial charge in [0.05, 0.1) is 12.6 Å². The molecule has 1 saturated heterocycles. The maximum atomic E-state index is 12.2. The normalized spacial score (nSPS) is 32.2. The Balaban J connectivity index is 1.84. The fourth-order valence-corrected chi connectivity index (χ4v) is 3.10. The van der Waals surface area contributed by atoms with Gasteiger partial charge in [0.15, 0.2) is 0 Å². The zero-order chi connectivity index (χ0) is 13.3. The molecule has 3 unspecified atom stereocenters. The molecule has 1 heterocycles. The lowest BCUT2D eigenvalue weighted by Gasteiger charge is -2.32. The Morgan fingerprint density at radius 2 is 1.94 bits per heavy atom. The molecule has 2 rings (SSSR count). The number of likely N-dealkylation sites (tertiary alicyclic amines) is 1. The molecular weight excluding hydrogens is 228 g/mol. The van der Waals surface area contributed by atoms with Crippen LogP contribution in [0.15, 0.2) is 0 Å². The maximum absolute atomic E-state index is 12.2. The second-order valence-corrected chi connectivity index (χ2v) is 6.27. The molecule has 2 fully saturated rings. The second kappa shape index (κ2) is 5.17. The monoisotopic (exact) mass is 254 g/mol. The van der Waals surface area contributed by atoms with Crippen molar-refractivity contribution >= 4 is 5.91 Å². The van der Waals surface area contributed by atoms with Gasteiger partial charge in [-0.15, -0.1) is 0 Å². The molecule has 0 spiro atoms. The van der Waals surface area contributed by atoms with Crippen molar-refractivity contribution in [2.75, 3.05) is 13.2 Å². The minimum atomic E-state index is -0.0630. The summed E-state index contributed by atoms with van der Waals surface area (Å²) >= 11 is 0. The SMILES string of the molecule is CC1CCC(C)N1C(C)C(=O)NCC1(CO)CC1. The third-order valence-corrected chi connectivity index (χ3v) is 4.78. The summed E-state index contributed by atoms with van der Waals surface area (Å²) in [6, 6.07) is 0.925. The molecule has 4 heteroatoms. The van der Waals surface area contributed by atoms with Crippen molar-refractivity contribution in [1.82, 2.24) is 10.2 Å². The standard InChI is InChI=1S/C14H26N2O2/c1-10-4-5-11(2)16(10)12(3)13(18)15-8-14(9-17)6-7-14/h10-12,17H,4-9H2,1-3H3,(H,15,18). The largest absolute Gasteiger partial charge is 0.396 e. The van der Waals surface area contributed by atoms with E-state index in [0.29, 0.717) is 18.6 Å². The lowest BCUT2D eigenvalue weighted by molar-refractivity contribution is -0.127. The number of hydrogen-bond acceptors (Lipinski definition) is 3. The summed E-state index contributed by atoms with van der Waals surface area (Å²) in [5, 5.41) is 12.3. The third kappa shape index (κ3) is 2.69. The van der Waals surface area contributed by atoms with Gasteiger partial charge in [-0.05, 0) is 46.5 Å². The average Bonchev–Trinajstić information content (AvgIpc) is 3.07. The molecule has 1 amide bonds. The molecule has 18 heavy (non-hydrogen) atoms. The van der Waals surface area contributed by atoms with E-state index in [4.69, 9.17) is 0 Å². The van der Waals surface area contributed by atoms with Crippen molar-refractivity contribution in [2.45, 2.75) is 64.6 Å². The molecule has 3 atom stereocenters. The molecule has 1 saturated carbocycles. The van der Waals surface area contributed by atoms with Crippen LogP contribution < -0.4 is 5.32 Å². The molecule has 0 bridgehead atoms. The van der Waals surface area contributed by atoms with E-state index < -0.39 is 0 Å². The molecule has 0 aromatic carbocycles. The zero-order valence-electron chi connectivity index (χ0n) is 11.8. The molecule has 104 valence electrons. The fraction of sp³-hybridized carbons (Fsp3) is 0.929. The summed E-state index contributed by atoms with van der Waals surface area (Å²) < 4.78 is 0. The summed E-state index contributed by atoms with van der Waals surface area (Å²) in [6.45, 7) is 7.21. The number of nitrogens with one attached hydrogen (secondary N) is 1. The summed E-state index contributed by atoms with van der Waals surface area (Å²) in [5.41, 5.74) is -0.00236. The molecule has 1 aliphatic carbocycles. The minimum Gasteiger partial charge on any atom is -0.396 e. The Morgan fingerprint density at radius 1 is 1.39 bits per heavy atom. The maximum Gasteiger partial charge on any atom is 0.237 e. The van der Waals surface area contributed by atoms with Gasteiger partial charge in [0.1, 0.15) is 0 Å². The van der Waals surface area contributed by atoms with E-state index in [1.54, 1.807) is 0 Å². The Bertz CT molecular complexity index is 305. The topological polar surface area (TPSA) is 52.6 Å². The number of rotatable bonds is 5. The van der Waals surface area contributed by atoms with E-state index in [-0.39, 0.29) is 24.0 Å². The van der Waals surface area contributed by atoms with Crippen molar-refractivity contribution in [3.63, 3.8) is 0 Å². The van der Waals surface area contributed by atoms with Crippen LogP contribution in [0.3, 0.4) is 0 Å². The number of carbonyl (C=O) groups excluding carboxylic acids is 1. The first-order valence-electron chi connectivity index (χ1n) is 7.15. The van der Waals surface area contributed by atoms with E-state index in [1.807, 2.05) is 6.92 Å². The molecular formula is C14H26N2O2. The van der Waals surface area contributed by atoms with Gasteiger partial charge in [-0.2, -0.15) is 0 Å². The van der Waals surface area contributed by atoms with E-state index in [0.717, 1.165) is 12.8 Å². The van der Waals surface area contributed by atoms with Crippen molar-refractivity contribution in [3.05, 3.63) is 0 Å². The van der Waals surface area contributed by atoms with Crippen LogP contribution in [-0.2, 0) is 4.79 Å². The van der Waals surface area contributed by atoms with Crippen molar-refractivity contribution in [1.29, 1.82) is 0 Å². The average molecular weight is 254 g/mol. The quantitative estimate of drug-likeness (QED) is 0.773. The van der Waals surface area contributed by atoms with Crippen LogP contribution in [0.5, 0.6) is 0 Å². The predicted octanol–water partition coefficient (Wildman–Crippen LogP) is 1.14. The first kappa shape index (κ1) is 13.8. The van der Waals surface area contributed by atoms with Gasteiger partial charge in [0.2, 0.25) is 5.91 Å². The van der Waals surface area contributed by atoms with E-state index in [9.17, 15) is 9.90 Å². The van der Waals surface area contributed by atoms with E-state index in [2.05, 4.69) is 24.1 Å². The van der Waals surface area contributed by atoms with E-state index in [1.165, 1.54) is 12.8 Å². The number of aliphatic hydroxyl groups excluding tert-OH is 1. The summed E-state index contributed by atoms with van der Waals surface area (Å²) in [7, 11) is 0. The minimum absolute atomic E-state index is 0.00236. The molecule has 0 aromatic heterocycles. The zero-order valence-corrected chi connectivity index (χ0v) is 11.8. The Kier molecular flexibility index (Phi) is 3.97. The fourth-order valence-electron chi connectivity index (χ4n) is 3.10. The van der Waals surface area contributed by atoms with Crippen LogP contribution in [0.1, 0.15) is 46.5 Å². The van der Waals surface area contributed by atoms with Crippen molar-refractivity contribution in [2.24, 2.45) is 5.41 Å². The van der Waals surface area contributed by atoms with Gasteiger partial charge in [0, 0.05) is 24.0 Å². The van der Waals surface area contributed by atoms with Gasteiger partial charge in [0.25, 0.3) is 0 Å². The van der Waals surface area contributed by atoms with E-state index >= 15 is 0 Å². The molecule has 0 radical (unpaired) electrons. The van der Waals surface area contributed by atoms with Gasteiger partial charge in [-0.3, -0.25) is 9.69 Å². The molecule has 4 nitrogen and oxygen atoms in total. The lowest BCUT2D eigenvalue weighted by Crippen LogP contribution is -2.50. The second-order valence-electron chi connectivity index (χ2n) is 6.27. The van der Waals surface area contributed by atoms with Crippen molar-refractivity contribution < 1.29 is 9.90 Å².